The van der Waals surface area contributed by atoms with Gasteiger partial charge in [-0.2, -0.15) is 0 Å². The van der Waals surface area contributed by atoms with Gasteiger partial charge in [-0.05, 0) is 87.1 Å². The molecule has 0 N–H and O–H groups in total. The Hall–Kier alpha value is -3.45. The van der Waals surface area contributed by atoms with E-state index in [2.05, 4.69) is 9.88 Å². The maximum atomic E-state index is 14.1. The molecule has 1 fully saturated rings. The molecule has 1 aliphatic carbocycles. The summed E-state index contributed by atoms with van der Waals surface area (Å²) in [7, 11) is 1.88. The van der Waals surface area contributed by atoms with E-state index in [4.69, 9.17) is 11.6 Å². The Morgan fingerprint density at radius 3 is 2.44 bits per heavy atom. The molecule has 1 atom stereocenters. The van der Waals surface area contributed by atoms with E-state index in [1.807, 2.05) is 56.1 Å². The number of nitrogens with zero attached hydrogens (tertiary/aromatic N) is 4. The average Bonchev–Trinajstić information content (AvgIpc) is 3.37. The van der Waals surface area contributed by atoms with Crippen molar-refractivity contribution in [3.63, 3.8) is 0 Å². The monoisotopic (exact) mass is 548 g/mol. The first-order chi connectivity index (χ1) is 18.8. The van der Waals surface area contributed by atoms with Crippen molar-refractivity contribution in [1.29, 1.82) is 0 Å². The summed E-state index contributed by atoms with van der Waals surface area (Å²) in [6.07, 6.45) is 6.94. The van der Waals surface area contributed by atoms with E-state index < -0.39 is 5.82 Å². The second kappa shape index (κ2) is 11.3. The number of amides is 2. The van der Waals surface area contributed by atoms with E-state index in [0.29, 0.717) is 5.56 Å². The van der Waals surface area contributed by atoms with Gasteiger partial charge in [-0.15, -0.1) is 0 Å². The van der Waals surface area contributed by atoms with Gasteiger partial charge in [-0.25, -0.2) is 4.39 Å². The van der Waals surface area contributed by atoms with E-state index in [1.54, 1.807) is 23.4 Å². The van der Waals surface area contributed by atoms with Crippen molar-refractivity contribution in [3.8, 4) is 0 Å². The summed E-state index contributed by atoms with van der Waals surface area (Å²) in [6, 6.07) is 14.0. The van der Waals surface area contributed by atoms with Crippen LogP contribution in [0.5, 0.6) is 0 Å². The number of hydrogen-bond acceptors (Lipinski definition) is 4. The maximum Gasteiger partial charge on any atom is 0.256 e. The summed E-state index contributed by atoms with van der Waals surface area (Å²) in [5.41, 5.74) is 4.06. The van der Waals surface area contributed by atoms with Gasteiger partial charge >= 0.3 is 0 Å². The molecule has 0 saturated carbocycles. The predicted octanol–water partition coefficient (Wildman–Crippen LogP) is 6.15. The SMILES string of the molecule is CC(C)N(C(=O)c1cccc(F)c1Cl)[C@@H]1CCc2ccc(C(=O)N(C)C3CCN(c4ccncc4)CC3)cc21. The van der Waals surface area contributed by atoms with Gasteiger partial charge in [0, 0.05) is 55.9 Å². The fourth-order valence-corrected chi connectivity index (χ4v) is 6.19. The van der Waals surface area contributed by atoms with E-state index in [1.165, 1.54) is 12.1 Å². The summed E-state index contributed by atoms with van der Waals surface area (Å²) in [4.78, 5) is 37.3. The molecular weight excluding hydrogens is 515 g/mol. The molecule has 0 radical (unpaired) electrons. The molecule has 2 amide bonds. The highest BCUT2D eigenvalue weighted by Crippen LogP contribution is 2.39. The lowest BCUT2D eigenvalue weighted by atomic mass is 9.99. The van der Waals surface area contributed by atoms with Crippen LogP contribution < -0.4 is 4.90 Å². The highest BCUT2D eigenvalue weighted by atomic mass is 35.5. The number of pyridine rings is 1. The number of fused-ring (bicyclic) bond motifs is 1. The van der Waals surface area contributed by atoms with Gasteiger partial charge in [0.25, 0.3) is 11.8 Å². The van der Waals surface area contributed by atoms with Crippen LogP contribution in [0.4, 0.5) is 10.1 Å². The van der Waals surface area contributed by atoms with Crippen molar-refractivity contribution in [3.05, 3.63) is 94.0 Å². The lowest BCUT2D eigenvalue weighted by Gasteiger charge is -2.38. The van der Waals surface area contributed by atoms with Gasteiger partial charge in [0.2, 0.25) is 0 Å². The minimum absolute atomic E-state index is 0.0126. The van der Waals surface area contributed by atoms with Gasteiger partial charge in [0.1, 0.15) is 5.82 Å². The fraction of sp³-hybridized carbons (Fsp3) is 0.387. The molecule has 1 aromatic heterocycles. The van der Waals surface area contributed by atoms with Crippen LogP contribution in [0.25, 0.3) is 0 Å². The first kappa shape index (κ1) is 27.1. The molecule has 39 heavy (non-hydrogen) atoms. The minimum atomic E-state index is -0.611. The number of piperidine rings is 1. The summed E-state index contributed by atoms with van der Waals surface area (Å²) >= 11 is 6.18. The normalized spacial score (nSPS) is 17.3. The van der Waals surface area contributed by atoms with Crippen LogP contribution in [0.3, 0.4) is 0 Å². The Morgan fingerprint density at radius 1 is 1.03 bits per heavy atom. The summed E-state index contributed by atoms with van der Waals surface area (Å²) in [5, 5.41) is -0.160. The third-order valence-corrected chi connectivity index (χ3v) is 8.49. The van der Waals surface area contributed by atoms with E-state index >= 15 is 0 Å². The summed E-state index contributed by atoms with van der Waals surface area (Å²) in [5.74, 6) is -0.927. The number of aryl methyl sites for hydroxylation is 1. The van der Waals surface area contributed by atoms with E-state index in [0.717, 1.165) is 55.6 Å². The van der Waals surface area contributed by atoms with Gasteiger partial charge in [0.15, 0.2) is 0 Å². The zero-order chi connectivity index (χ0) is 27.7. The molecule has 204 valence electrons. The molecule has 5 rings (SSSR count). The fourth-order valence-electron chi connectivity index (χ4n) is 5.98. The van der Waals surface area contributed by atoms with Crippen LogP contribution in [-0.4, -0.2) is 58.8 Å². The van der Waals surface area contributed by atoms with Crippen LogP contribution in [0.1, 0.15) is 71.0 Å². The number of anilines is 1. The molecule has 0 unspecified atom stereocenters. The first-order valence-corrected chi connectivity index (χ1v) is 14.0. The second-order valence-electron chi connectivity index (χ2n) is 10.7. The molecular formula is C31H34ClFN4O2. The number of aromatic nitrogens is 1. The Labute approximate surface area is 234 Å². The predicted molar refractivity (Wildman–Crippen MR) is 152 cm³/mol. The zero-order valence-corrected chi connectivity index (χ0v) is 23.4. The topological polar surface area (TPSA) is 56.8 Å². The van der Waals surface area contributed by atoms with Crippen LogP contribution >= 0.6 is 11.6 Å². The molecule has 2 aromatic carbocycles. The Bertz CT molecular complexity index is 1360. The largest absolute Gasteiger partial charge is 0.371 e. The number of benzene rings is 2. The van der Waals surface area contributed by atoms with Crippen LogP contribution in [0, 0.1) is 5.82 Å². The number of hydrogen-bond donors (Lipinski definition) is 0. The Balaban J connectivity index is 1.34. The van der Waals surface area contributed by atoms with Crippen molar-refractivity contribution in [1.82, 2.24) is 14.8 Å². The molecule has 2 aliphatic rings. The average molecular weight is 549 g/mol. The molecule has 2 heterocycles. The molecule has 8 heteroatoms. The first-order valence-electron chi connectivity index (χ1n) is 13.6. The number of carbonyl (C=O) groups is 2. The third-order valence-electron chi connectivity index (χ3n) is 8.11. The highest BCUT2D eigenvalue weighted by molar-refractivity contribution is 6.34. The Morgan fingerprint density at radius 2 is 1.74 bits per heavy atom. The standard InChI is InChI=1S/C31H34ClFN4O2/c1-20(2)37(31(39)25-5-4-6-27(33)29(25)32)28-10-9-21-7-8-22(19-26(21)28)30(38)35(3)23-13-17-36(18-14-23)24-11-15-34-16-12-24/h4-8,11-12,15-16,19-20,23,28H,9-10,13-14,17-18H2,1-3H3/t28-/m1/s1. The number of halogens is 2. The van der Waals surface area contributed by atoms with Gasteiger partial charge < -0.3 is 14.7 Å². The number of carbonyl (C=O) groups excluding carboxylic acids is 2. The zero-order valence-electron chi connectivity index (χ0n) is 22.6. The van der Waals surface area contributed by atoms with Crippen molar-refractivity contribution < 1.29 is 14.0 Å². The molecule has 1 aliphatic heterocycles. The van der Waals surface area contributed by atoms with Gasteiger partial charge in [-0.3, -0.25) is 14.6 Å². The van der Waals surface area contributed by atoms with Crippen LogP contribution in [0.15, 0.2) is 60.9 Å². The quantitative estimate of drug-likeness (QED) is 0.370. The van der Waals surface area contributed by atoms with Crippen molar-refractivity contribution >= 4 is 29.1 Å². The number of rotatable bonds is 6. The lowest BCUT2D eigenvalue weighted by molar-refractivity contribution is 0.0605. The maximum absolute atomic E-state index is 14.1. The van der Waals surface area contributed by atoms with Crippen molar-refractivity contribution in [2.75, 3.05) is 25.0 Å². The second-order valence-corrected chi connectivity index (χ2v) is 11.1. The lowest BCUT2D eigenvalue weighted by Crippen LogP contribution is -2.45. The molecule has 0 spiro atoms. The third kappa shape index (κ3) is 5.37. The minimum Gasteiger partial charge on any atom is -0.371 e. The van der Waals surface area contributed by atoms with E-state index in [9.17, 15) is 14.0 Å². The summed E-state index contributed by atoms with van der Waals surface area (Å²) < 4.78 is 14.1. The Kier molecular flexibility index (Phi) is 7.89. The van der Waals surface area contributed by atoms with Gasteiger partial charge in [0.05, 0.1) is 16.6 Å². The molecule has 3 aromatic rings. The smallest absolute Gasteiger partial charge is 0.256 e. The highest BCUT2D eigenvalue weighted by Gasteiger charge is 2.35. The van der Waals surface area contributed by atoms with Crippen LogP contribution in [0.2, 0.25) is 5.02 Å². The molecule has 0 bridgehead atoms. The van der Waals surface area contributed by atoms with Gasteiger partial charge in [-0.1, -0.05) is 23.7 Å². The van der Waals surface area contributed by atoms with E-state index in [-0.39, 0.29) is 40.5 Å². The van der Waals surface area contributed by atoms with Crippen LogP contribution in [-0.2, 0) is 6.42 Å². The summed E-state index contributed by atoms with van der Waals surface area (Å²) in [6.45, 7) is 5.66. The van der Waals surface area contributed by atoms with Crippen molar-refractivity contribution in [2.45, 2.75) is 57.7 Å². The van der Waals surface area contributed by atoms with Crippen molar-refractivity contribution in [2.24, 2.45) is 0 Å². The molecule has 6 nitrogen and oxygen atoms in total. The molecule has 1 saturated heterocycles.